The number of nitrogens with two attached hydrogens (primary N) is 1. The van der Waals surface area contributed by atoms with Crippen LogP contribution in [0.1, 0.15) is 13.8 Å². The molecule has 2 rings (SSSR count). The van der Waals surface area contributed by atoms with Gasteiger partial charge in [-0.25, -0.2) is 4.98 Å². The van der Waals surface area contributed by atoms with Gasteiger partial charge in [-0.1, -0.05) is 26.0 Å². The van der Waals surface area contributed by atoms with E-state index in [1.807, 2.05) is 24.3 Å². The monoisotopic (exact) mass is 274 g/mol. The van der Waals surface area contributed by atoms with E-state index in [-0.39, 0.29) is 0 Å². The Morgan fingerprint density at radius 3 is 2.70 bits per heavy atom. The molecule has 2 aromatic rings. The number of fused-ring (bicyclic) bond motifs is 1. The van der Waals surface area contributed by atoms with Gasteiger partial charge in [-0.15, -0.1) is 0 Å². The first-order valence-corrected chi connectivity index (χ1v) is 6.88. The quantitative estimate of drug-likeness (QED) is 0.875. The Labute approximate surface area is 119 Å². The Morgan fingerprint density at radius 2 is 2.00 bits per heavy atom. The molecule has 0 radical (unpaired) electrons. The van der Waals surface area contributed by atoms with E-state index in [4.69, 9.17) is 10.5 Å². The van der Waals surface area contributed by atoms with Gasteiger partial charge in [0.15, 0.2) is 0 Å². The number of nitrogens with zero attached hydrogens (tertiary/aromatic N) is 3. The number of ether oxygens (including phenoxy) is 1. The summed E-state index contributed by atoms with van der Waals surface area (Å²) in [5.74, 6) is 1.73. The van der Waals surface area contributed by atoms with Crippen LogP contribution in [0.5, 0.6) is 0 Å². The van der Waals surface area contributed by atoms with Crippen molar-refractivity contribution in [2.24, 2.45) is 5.92 Å². The zero-order valence-corrected chi connectivity index (χ0v) is 12.3. The van der Waals surface area contributed by atoms with Gasteiger partial charge in [0.25, 0.3) is 0 Å². The molecule has 0 atom stereocenters. The van der Waals surface area contributed by atoms with Crippen molar-refractivity contribution in [3.05, 3.63) is 24.3 Å². The highest BCUT2D eigenvalue weighted by atomic mass is 16.5. The molecule has 0 aliphatic rings. The zero-order valence-electron chi connectivity index (χ0n) is 12.3. The minimum atomic E-state index is 0.310. The maximum atomic E-state index is 5.84. The van der Waals surface area contributed by atoms with Gasteiger partial charge in [0.2, 0.25) is 5.95 Å². The van der Waals surface area contributed by atoms with E-state index < -0.39 is 0 Å². The maximum Gasteiger partial charge on any atom is 0.222 e. The van der Waals surface area contributed by atoms with Crippen molar-refractivity contribution < 1.29 is 4.74 Å². The minimum absolute atomic E-state index is 0.310. The number of methoxy groups -OCH3 is 1. The van der Waals surface area contributed by atoms with Crippen LogP contribution in [0.4, 0.5) is 11.8 Å². The molecule has 0 saturated heterocycles. The first kappa shape index (κ1) is 14.5. The lowest BCUT2D eigenvalue weighted by Crippen LogP contribution is -2.32. The summed E-state index contributed by atoms with van der Waals surface area (Å²) < 4.78 is 5.20. The molecule has 1 heterocycles. The van der Waals surface area contributed by atoms with Crippen LogP contribution >= 0.6 is 0 Å². The Morgan fingerprint density at radius 1 is 1.25 bits per heavy atom. The van der Waals surface area contributed by atoms with Crippen LogP contribution in [0.25, 0.3) is 10.9 Å². The van der Waals surface area contributed by atoms with Crippen LogP contribution in [0.3, 0.4) is 0 Å². The molecule has 0 fully saturated rings. The number of aromatic nitrogens is 2. The number of anilines is 2. The van der Waals surface area contributed by atoms with Crippen LogP contribution in [0.15, 0.2) is 24.3 Å². The predicted octanol–water partition coefficient (Wildman–Crippen LogP) is 2.32. The Kier molecular flexibility index (Phi) is 4.74. The fourth-order valence-electron chi connectivity index (χ4n) is 2.24. The SMILES string of the molecule is COCCN(CC(C)C)c1nc(N)nc2ccccc12. The van der Waals surface area contributed by atoms with Gasteiger partial charge < -0.3 is 15.4 Å². The summed E-state index contributed by atoms with van der Waals surface area (Å²) >= 11 is 0. The second kappa shape index (κ2) is 6.52. The Hall–Kier alpha value is -1.88. The third-order valence-corrected chi connectivity index (χ3v) is 3.05. The number of nitrogen functional groups attached to an aromatic ring is 1. The van der Waals surface area contributed by atoms with Crippen molar-refractivity contribution >= 4 is 22.7 Å². The van der Waals surface area contributed by atoms with E-state index in [2.05, 4.69) is 28.7 Å². The normalized spacial score (nSPS) is 11.2. The average Bonchev–Trinajstić information content (AvgIpc) is 2.42. The number of hydrogen-bond donors (Lipinski definition) is 1. The molecule has 0 unspecified atom stereocenters. The molecule has 108 valence electrons. The summed E-state index contributed by atoms with van der Waals surface area (Å²) in [6, 6.07) is 7.95. The van der Waals surface area contributed by atoms with Gasteiger partial charge in [0, 0.05) is 25.6 Å². The first-order chi connectivity index (χ1) is 9.61. The first-order valence-electron chi connectivity index (χ1n) is 6.88. The lowest BCUT2D eigenvalue weighted by molar-refractivity contribution is 0.204. The van der Waals surface area contributed by atoms with Crippen LogP contribution in [-0.4, -0.2) is 36.8 Å². The van der Waals surface area contributed by atoms with Crippen LogP contribution in [0.2, 0.25) is 0 Å². The van der Waals surface area contributed by atoms with E-state index in [1.54, 1.807) is 7.11 Å². The van der Waals surface area contributed by atoms with Crippen LogP contribution < -0.4 is 10.6 Å². The van der Waals surface area contributed by atoms with Crippen molar-refractivity contribution in [3.63, 3.8) is 0 Å². The third kappa shape index (κ3) is 3.36. The summed E-state index contributed by atoms with van der Waals surface area (Å²) in [4.78, 5) is 10.9. The Balaban J connectivity index is 2.45. The molecule has 5 heteroatoms. The molecule has 0 bridgehead atoms. The predicted molar refractivity (Wildman–Crippen MR) is 82.9 cm³/mol. The van der Waals surface area contributed by atoms with Gasteiger partial charge in [-0.2, -0.15) is 4.98 Å². The molecule has 0 spiro atoms. The molecule has 5 nitrogen and oxygen atoms in total. The average molecular weight is 274 g/mol. The van der Waals surface area contributed by atoms with Crippen molar-refractivity contribution in [1.29, 1.82) is 0 Å². The fourth-order valence-corrected chi connectivity index (χ4v) is 2.24. The third-order valence-electron chi connectivity index (χ3n) is 3.05. The molecule has 0 aliphatic carbocycles. The summed E-state index contributed by atoms with van der Waals surface area (Å²) in [6.45, 7) is 6.73. The van der Waals surface area contributed by atoms with Gasteiger partial charge in [0.05, 0.1) is 12.1 Å². The van der Waals surface area contributed by atoms with E-state index in [9.17, 15) is 0 Å². The summed E-state index contributed by atoms with van der Waals surface area (Å²) in [5, 5.41) is 1.03. The summed E-state index contributed by atoms with van der Waals surface area (Å²) in [5.41, 5.74) is 6.72. The van der Waals surface area contributed by atoms with Gasteiger partial charge in [-0.3, -0.25) is 0 Å². The van der Waals surface area contributed by atoms with Crippen LogP contribution in [-0.2, 0) is 4.74 Å². The number of hydrogen-bond acceptors (Lipinski definition) is 5. The van der Waals surface area contributed by atoms with Crippen molar-refractivity contribution in [2.75, 3.05) is 37.4 Å². The highest BCUT2D eigenvalue weighted by Crippen LogP contribution is 2.25. The number of benzene rings is 1. The lowest BCUT2D eigenvalue weighted by atomic mass is 10.1. The maximum absolute atomic E-state index is 5.84. The van der Waals surface area contributed by atoms with Gasteiger partial charge in [0.1, 0.15) is 5.82 Å². The fraction of sp³-hybridized carbons (Fsp3) is 0.467. The topological polar surface area (TPSA) is 64.3 Å². The highest BCUT2D eigenvalue weighted by molar-refractivity contribution is 5.90. The standard InChI is InChI=1S/C15H22N4O/c1-11(2)10-19(8-9-20-3)14-12-6-4-5-7-13(12)17-15(16)18-14/h4-7,11H,8-10H2,1-3H3,(H2,16,17,18). The largest absolute Gasteiger partial charge is 0.383 e. The van der Waals surface area contributed by atoms with Crippen molar-refractivity contribution in [3.8, 4) is 0 Å². The molecule has 2 N–H and O–H groups in total. The molecule has 1 aromatic heterocycles. The van der Waals surface area contributed by atoms with Crippen molar-refractivity contribution in [2.45, 2.75) is 13.8 Å². The molecule has 1 aromatic carbocycles. The molecule has 0 saturated carbocycles. The molecular weight excluding hydrogens is 252 g/mol. The second-order valence-electron chi connectivity index (χ2n) is 5.26. The lowest BCUT2D eigenvalue weighted by Gasteiger charge is -2.26. The van der Waals surface area contributed by atoms with Crippen LogP contribution in [0, 0.1) is 5.92 Å². The second-order valence-corrected chi connectivity index (χ2v) is 5.26. The Bertz CT molecular complexity index is 571. The molecular formula is C15H22N4O. The number of rotatable bonds is 6. The van der Waals surface area contributed by atoms with Gasteiger partial charge >= 0.3 is 0 Å². The highest BCUT2D eigenvalue weighted by Gasteiger charge is 2.14. The minimum Gasteiger partial charge on any atom is -0.383 e. The van der Waals surface area contributed by atoms with E-state index >= 15 is 0 Å². The zero-order chi connectivity index (χ0) is 14.5. The molecule has 0 aliphatic heterocycles. The smallest absolute Gasteiger partial charge is 0.222 e. The van der Waals surface area contributed by atoms with E-state index in [0.29, 0.717) is 18.5 Å². The van der Waals surface area contributed by atoms with E-state index in [0.717, 1.165) is 29.8 Å². The van der Waals surface area contributed by atoms with E-state index in [1.165, 1.54) is 0 Å². The molecule has 0 amide bonds. The van der Waals surface area contributed by atoms with Crippen molar-refractivity contribution in [1.82, 2.24) is 9.97 Å². The molecule has 20 heavy (non-hydrogen) atoms. The van der Waals surface area contributed by atoms with Gasteiger partial charge in [-0.05, 0) is 18.1 Å². The summed E-state index contributed by atoms with van der Waals surface area (Å²) in [7, 11) is 1.71. The summed E-state index contributed by atoms with van der Waals surface area (Å²) in [6.07, 6.45) is 0. The number of para-hydroxylation sites is 1.